The molecule has 0 atom stereocenters. The number of esters is 1. The van der Waals surface area contributed by atoms with Gasteiger partial charge in [0.25, 0.3) is 5.56 Å². The van der Waals surface area contributed by atoms with E-state index in [1.807, 2.05) is 0 Å². The van der Waals surface area contributed by atoms with Crippen molar-refractivity contribution in [1.29, 1.82) is 0 Å². The molecule has 2 aromatic rings. The van der Waals surface area contributed by atoms with Crippen molar-refractivity contribution in [2.45, 2.75) is 6.54 Å². The highest BCUT2D eigenvalue weighted by molar-refractivity contribution is 7.80. The zero-order valence-electron chi connectivity index (χ0n) is 11.4. The fourth-order valence-electron chi connectivity index (χ4n) is 1.91. The molecule has 0 saturated carbocycles. The SMILES string of the molecule is COC(=O)c1ccc(Cn2cccc(C(N)=S)c2=O)cc1. The molecule has 6 heteroatoms. The summed E-state index contributed by atoms with van der Waals surface area (Å²) in [6.45, 7) is 0.372. The first-order chi connectivity index (χ1) is 10.0. The maximum atomic E-state index is 12.2. The molecule has 0 aliphatic heterocycles. The third-order valence-electron chi connectivity index (χ3n) is 3.01. The lowest BCUT2D eigenvalue weighted by molar-refractivity contribution is 0.0600. The number of hydrogen-bond donors (Lipinski definition) is 1. The van der Waals surface area contributed by atoms with Gasteiger partial charge in [0.05, 0.1) is 24.8 Å². The van der Waals surface area contributed by atoms with E-state index in [2.05, 4.69) is 4.74 Å². The number of benzene rings is 1. The third kappa shape index (κ3) is 3.35. The molecule has 2 N–H and O–H groups in total. The first kappa shape index (κ1) is 14.9. The molecule has 0 unspecified atom stereocenters. The number of carbonyl (C=O) groups is 1. The molecular weight excluding hydrogens is 288 g/mol. The molecule has 2 rings (SSSR count). The van der Waals surface area contributed by atoms with Gasteiger partial charge in [-0.2, -0.15) is 0 Å². The monoisotopic (exact) mass is 302 g/mol. The Hall–Kier alpha value is -2.47. The van der Waals surface area contributed by atoms with Gasteiger partial charge in [-0.05, 0) is 29.8 Å². The maximum Gasteiger partial charge on any atom is 0.337 e. The highest BCUT2D eigenvalue weighted by Crippen LogP contribution is 2.07. The Balaban J connectivity index is 2.27. The number of pyridine rings is 1. The van der Waals surface area contributed by atoms with Gasteiger partial charge in [-0.15, -0.1) is 0 Å². The molecule has 1 aromatic carbocycles. The fraction of sp³-hybridized carbons (Fsp3) is 0.133. The minimum atomic E-state index is -0.394. The number of rotatable bonds is 4. The Kier molecular flexibility index (Phi) is 4.49. The average molecular weight is 302 g/mol. The summed E-state index contributed by atoms with van der Waals surface area (Å²) in [5.41, 5.74) is 6.94. The minimum absolute atomic E-state index is 0.0791. The number of nitrogens with two attached hydrogens (primary N) is 1. The lowest BCUT2D eigenvalue weighted by Gasteiger charge is -2.08. The van der Waals surface area contributed by atoms with E-state index in [9.17, 15) is 9.59 Å². The van der Waals surface area contributed by atoms with E-state index in [0.717, 1.165) is 5.56 Å². The summed E-state index contributed by atoms with van der Waals surface area (Å²) in [4.78, 5) is 23.6. The predicted molar refractivity (Wildman–Crippen MR) is 83.5 cm³/mol. The molecule has 0 aliphatic carbocycles. The average Bonchev–Trinajstić information content (AvgIpc) is 2.49. The number of ether oxygens (including phenoxy) is 1. The van der Waals surface area contributed by atoms with Gasteiger partial charge in [-0.3, -0.25) is 4.79 Å². The largest absolute Gasteiger partial charge is 0.465 e. The highest BCUT2D eigenvalue weighted by Gasteiger charge is 2.07. The third-order valence-corrected chi connectivity index (χ3v) is 3.23. The summed E-state index contributed by atoms with van der Waals surface area (Å²) in [7, 11) is 1.33. The molecule has 1 aromatic heterocycles. The molecular formula is C15H14N2O3S. The normalized spacial score (nSPS) is 10.1. The van der Waals surface area contributed by atoms with Crippen molar-refractivity contribution in [2.75, 3.05) is 7.11 Å². The van der Waals surface area contributed by atoms with Crippen LogP contribution in [0.4, 0.5) is 0 Å². The maximum absolute atomic E-state index is 12.2. The van der Waals surface area contributed by atoms with Crippen molar-refractivity contribution in [1.82, 2.24) is 4.57 Å². The second kappa shape index (κ2) is 6.32. The second-order valence-corrected chi connectivity index (χ2v) is 4.85. The summed E-state index contributed by atoms with van der Waals surface area (Å²) in [6.07, 6.45) is 1.67. The van der Waals surface area contributed by atoms with Crippen LogP contribution >= 0.6 is 12.2 Å². The van der Waals surface area contributed by atoms with E-state index < -0.39 is 5.97 Å². The summed E-state index contributed by atoms with van der Waals surface area (Å²) >= 11 is 4.85. The minimum Gasteiger partial charge on any atom is -0.465 e. The smallest absolute Gasteiger partial charge is 0.337 e. The van der Waals surface area contributed by atoms with Gasteiger partial charge in [0, 0.05) is 6.20 Å². The molecule has 21 heavy (non-hydrogen) atoms. The molecule has 0 spiro atoms. The van der Waals surface area contributed by atoms with Crippen molar-refractivity contribution in [3.05, 3.63) is 69.6 Å². The van der Waals surface area contributed by atoms with Gasteiger partial charge in [0.2, 0.25) is 0 Å². The van der Waals surface area contributed by atoms with Crippen molar-refractivity contribution in [3.63, 3.8) is 0 Å². The quantitative estimate of drug-likeness (QED) is 0.681. The van der Waals surface area contributed by atoms with Crippen LogP contribution in [0.15, 0.2) is 47.4 Å². The summed E-state index contributed by atoms with van der Waals surface area (Å²) in [6, 6.07) is 10.2. The van der Waals surface area contributed by atoms with Crippen LogP contribution in [0.25, 0.3) is 0 Å². The van der Waals surface area contributed by atoms with E-state index in [1.54, 1.807) is 42.6 Å². The molecule has 0 aliphatic rings. The second-order valence-electron chi connectivity index (χ2n) is 4.41. The van der Waals surface area contributed by atoms with Crippen molar-refractivity contribution < 1.29 is 9.53 Å². The molecule has 5 nitrogen and oxygen atoms in total. The van der Waals surface area contributed by atoms with Crippen LogP contribution in [-0.2, 0) is 11.3 Å². The predicted octanol–water partition coefficient (Wildman–Crippen LogP) is 1.32. The Morgan fingerprint density at radius 1 is 1.29 bits per heavy atom. The first-order valence-corrected chi connectivity index (χ1v) is 6.60. The molecule has 0 amide bonds. The van der Waals surface area contributed by atoms with Gasteiger partial charge in [-0.25, -0.2) is 4.79 Å². The zero-order valence-corrected chi connectivity index (χ0v) is 12.2. The Bertz CT molecular complexity index is 735. The van der Waals surface area contributed by atoms with Crippen LogP contribution in [0.1, 0.15) is 21.5 Å². The van der Waals surface area contributed by atoms with E-state index in [0.29, 0.717) is 17.7 Å². The van der Waals surface area contributed by atoms with Crippen LogP contribution in [-0.4, -0.2) is 22.6 Å². The van der Waals surface area contributed by atoms with Crippen LogP contribution < -0.4 is 11.3 Å². The lowest BCUT2D eigenvalue weighted by atomic mass is 10.1. The van der Waals surface area contributed by atoms with E-state index in [4.69, 9.17) is 18.0 Å². The molecule has 0 fully saturated rings. The first-order valence-electron chi connectivity index (χ1n) is 6.19. The van der Waals surface area contributed by atoms with Gasteiger partial charge in [0.1, 0.15) is 4.99 Å². The number of carbonyl (C=O) groups excluding carboxylic acids is 1. The molecule has 0 bridgehead atoms. The van der Waals surface area contributed by atoms with Crippen LogP contribution in [0, 0.1) is 0 Å². The standard InChI is InChI=1S/C15H14N2O3S/c1-20-15(19)11-6-4-10(5-7-11)9-17-8-2-3-12(13(16)21)14(17)18/h2-8H,9H2,1H3,(H2,16,21). The van der Waals surface area contributed by atoms with Gasteiger partial charge >= 0.3 is 5.97 Å². The van der Waals surface area contributed by atoms with Gasteiger partial charge in [-0.1, -0.05) is 24.4 Å². The van der Waals surface area contributed by atoms with Gasteiger partial charge < -0.3 is 15.0 Å². The van der Waals surface area contributed by atoms with E-state index >= 15 is 0 Å². The Morgan fingerprint density at radius 3 is 2.52 bits per heavy atom. The van der Waals surface area contributed by atoms with Crippen molar-refractivity contribution in [3.8, 4) is 0 Å². The summed E-state index contributed by atoms with van der Waals surface area (Å²) in [5.74, 6) is -0.394. The van der Waals surface area contributed by atoms with E-state index in [1.165, 1.54) is 11.7 Å². The molecule has 0 radical (unpaired) electrons. The zero-order chi connectivity index (χ0) is 15.4. The van der Waals surface area contributed by atoms with Crippen LogP contribution in [0.5, 0.6) is 0 Å². The van der Waals surface area contributed by atoms with Crippen molar-refractivity contribution >= 4 is 23.2 Å². The topological polar surface area (TPSA) is 74.3 Å². The van der Waals surface area contributed by atoms with Crippen LogP contribution in [0.3, 0.4) is 0 Å². The van der Waals surface area contributed by atoms with Crippen molar-refractivity contribution in [2.24, 2.45) is 5.73 Å². The highest BCUT2D eigenvalue weighted by atomic mass is 32.1. The molecule has 1 heterocycles. The van der Waals surface area contributed by atoms with Crippen LogP contribution in [0.2, 0.25) is 0 Å². The number of methoxy groups -OCH3 is 1. The Morgan fingerprint density at radius 2 is 1.95 bits per heavy atom. The van der Waals surface area contributed by atoms with Gasteiger partial charge in [0.15, 0.2) is 0 Å². The number of thiocarbonyl (C=S) groups is 1. The number of aromatic nitrogens is 1. The number of hydrogen-bond acceptors (Lipinski definition) is 4. The Labute approximate surface area is 127 Å². The van der Waals surface area contributed by atoms with E-state index in [-0.39, 0.29) is 10.5 Å². The molecule has 0 saturated heterocycles. The molecule has 108 valence electrons. The fourth-order valence-corrected chi connectivity index (χ4v) is 2.07. The lowest BCUT2D eigenvalue weighted by Crippen LogP contribution is -2.28. The summed E-state index contributed by atoms with van der Waals surface area (Å²) < 4.78 is 6.15. The summed E-state index contributed by atoms with van der Waals surface area (Å²) in [5, 5.41) is 0. The number of nitrogens with zero attached hydrogens (tertiary/aromatic N) is 1.